The summed E-state index contributed by atoms with van der Waals surface area (Å²) >= 11 is 0. The topological polar surface area (TPSA) is 95.9 Å². The molecule has 29 heavy (non-hydrogen) atoms. The fourth-order valence-electron chi connectivity index (χ4n) is 4.26. The van der Waals surface area contributed by atoms with Crippen molar-refractivity contribution in [3.05, 3.63) is 23.7 Å². The molecule has 1 aromatic heterocycles. The summed E-state index contributed by atoms with van der Waals surface area (Å²) in [4.78, 5) is 18.4. The number of piperidine rings is 1. The van der Waals surface area contributed by atoms with Gasteiger partial charge in [0.25, 0.3) is 5.91 Å². The van der Waals surface area contributed by atoms with E-state index in [1.807, 2.05) is 0 Å². The molecule has 2 aliphatic rings. The van der Waals surface area contributed by atoms with Crippen LogP contribution in [-0.2, 0) is 6.54 Å². The Morgan fingerprint density at radius 2 is 1.93 bits per heavy atom. The van der Waals surface area contributed by atoms with E-state index >= 15 is 0 Å². The minimum atomic E-state index is -0.555. The molecular formula is C21H36IN5O2. The van der Waals surface area contributed by atoms with Crippen LogP contribution in [-0.4, -0.2) is 49.0 Å². The summed E-state index contributed by atoms with van der Waals surface area (Å²) in [5.41, 5.74) is 5.23. The van der Waals surface area contributed by atoms with Gasteiger partial charge in [-0.25, -0.2) is 4.99 Å². The third kappa shape index (κ3) is 7.81. The lowest BCUT2D eigenvalue weighted by Crippen LogP contribution is -2.49. The molecule has 0 atom stereocenters. The predicted molar refractivity (Wildman–Crippen MR) is 127 cm³/mol. The molecule has 0 bridgehead atoms. The zero-order chi connectivity index (χ0) is 19.8. The average molecular weight is 517 g/mol. The highest BCUT2D eigenvalue weighted by molar-refractivity contribution is 14.0. The van der Waals surface area contributed by atoms with Gasteiger partial charge < -0.3 is 25.7 Å². The molecule has 2 fully saturated rings. The van der Waals surface area contributed by atoms with Crippen LogP contribution in [0.5, 0.6) is 0 Å². The number of aliphatic imine (C=N–C) groups is 1. The van der Waals surface area contributed by atoms with Crippen LogP contribution in [0.3, 0.4) is 0 Å². The SMILES string of the molecule is CCNC(=NCc1ccc(C(N)=O)o1)NC1CCN(CC2CCCCC2)CC1.I. The van der Waals surface area contributed by atoms with Crippen molar-refractivity contribution in [2.24, 2.45) is 16.6 Å². The lowest BCUT2D eigenvalue weighted by Gasteiger charge is -2.36. The number of hydrogen-bond donors (Lipinski definition) is 3. The van der Waals surface area contributed by atoms with Gasteiger partial charge in [-0.15, -0.1) is 24.0 Å². The second-order valence-corrected chi connectivity index (χ2v) is 8.05. The molecule has 3 rings (SSSR count). The number of guanidine groups is 1. The monoisotopic (exact) mass is 517 g/mol. The minimum Gasteiger partial charge on any atom is -0.454 e. The van der Waals surface area contributed by atoms with Gasteiger partial charge in [-0.3, -0.25) is 4.79 Å². The molecule has 2 heterocycles. The molecule has 0 radical (unpaired) electrons. The van der Waals surface area contributed by atoms with Crippen molar-refractivity contribution in [3.63, 3.8) is 0 Å². The molecule has 1 saturated carbocycles. The summed E-state index contributed by atoms with van der Waals surface area (Å²) in [7, 11) is 0. The van der Waals surface area contributed by atoms with Crippen LogP contribution >= 0.6 is 24.0 Å². The highest BCUT2D eigenvalue weighted by Crippen LogP contribution is 2.25. The van der Waals surface area contributed by atoms with E-state index in [0.717, 1.165) is 44.4 Å². The van der Waals surface area contributed by atoms with E-state index in [2.05, 4.69) is 27.4 Å². The lowest BCUT2D eigenvalue weighted by molar-refractivity contribution is 0.0972. The summed E-state index contributed by atoms with van der Waals surface area (Å²) in [6.45, 7) is 6.84. The van der Waals surface area contributed by atoms with Crippen LogP contribution in [0.1, 0.15) is 68.2 Å². The van der Waals surface area contributed by atoms with Crippen molar-refractivity contribution in [1.82, 2.24) is 15.5 Å². The number of nitrogens with one attached hydrogen (secondary N) is 2. The number of carbonyl (C=O) groups excluding carboxylic acids is 1. The fourth-order valence-corrected chi connectivity index (χ4v) is 4.26. The maximum atomic E-state index is 11.1. The van der Waals surface area contributed by atoms with Crippen LogP contribution in [0.2, 0.25) is 0 Å². The van der Waals surface area contributed by atoms with Gasteiger partial charge in [-0.1, -0.05) is 19.3 Å². The van der Waals surface area contributed by atoms with Crippen molar-refractivity contribution < 1.29 is 9.21 Å². The van der Waals surface area contributed by atoms with E-state index in [-0.39, 0.29) is 29.7 Å². The van der Waals surface area contributed by atoms with E-state index in [1.54, 1.807) is 12.1 Å². The lowest BCUT2D eigenvalue weighted by atomic mass is 9.88. The van der Waals surface area contributed by atoms with E-state index in [0.29, 0.717) is 18.3 Å². The molecular weight excluding hydrogens is 481 g/mol. The molecule has 4 N–H and O–H groups in total. The van der Waals surface area contributed by atoms with Crippen LogP contribution in [0.4, 0.5) is 0 Å². The highest BCUT2D eigenvalue weighted by atomic mass is 127. The highest BCUT2D eigenvalue weighted by Gasteiger charge is 2.23. The Morgan fingerprint density at radius 3 is 2.55 bits per heavy atom. The Balaban J connectivity index is 0.00000300. The zero-order valence-electron chi connectivity index (χ0n) is 17.5. The molecule has 8 heteroatoms. The molecule has 0 spiro atoms. The van der Waals surface area contributed by atoms with Crippen molar-refractivity contribution in [1.29, 1.82) is 0 Å². The van der Waals surface area contributed by atoms with Crippen molar-refractivity contribution >= 4 is 35.8 Å². The predicted octanol–water partition coefficient (Wildman–Crippen LogP) is 3.10. The van der Waals surface area contributed by atoms with E-state index in [9.17, 15) is 4.79 Å². The molecule has 1 saturated heterocycles. The Hall–Kier alpha value is -1.29. The molecule has 1 amide bonds. The fraction of sp³-hybridized carbons (Fsp3) is 0.714. The Kier molecular flexibility index (Phi) is 10.3. The maximum absolute atomic E-state index is 11.1. The zero-order valence-corrected chi connectivity index (χ0v) is 19.8. The largest absolute Gasteiger partial charge is 0.454 e. The normalized spacial score (nSPS) is 19.6. The number of hydrogen-bond acceptors (Lipinski definition) is 4. The average Bonchev–Trinajstić information content (AvgIpc) is 3.18. The summed E-state index contributed by atoms with van der Waals surface area (Å²) < 4.78 is 5.41. The van der Waals surface area contributed by atoms with Gasteiger partial charge in [-0.2, -0.15) is 0 Å². The van der Waals surface area contributed by atoms with Gasteiger partial charge in [0.1, 0.15) is 12.3 Å². The Bertz CT molecular complexity index is 649. The van der Waals surface area contributed by atoms with E-state index in [4.69, 9.17) is 10.2 Å². The van der Waals surface area contributed by atoms with Gasteiger partial charge in [0.15, 0.2) is 11.7 Å². The van der Waals surface area contributed by atoms with Crippen molar-refractivity contribution in [3.8, 4) is 0 Å². The third-order valence-electron chi connectivity index (χ3n) is 5.81. The van der Waals surface area contributed by atoms with Crippen molar-refractivity contribution in [2.75, 3.05) is 26.2 Å². The number of primary amides is 1. The Labute approximate surface area is 191 Å². The standard InChI is InChI=1S/C21H35N5O2.HI/c1-2-23-21(24-14-18-8-9-19(28-18)20(22)27)25-17-10-12-26(13-11-17)15-16-6-4-3-5-7-16;/h8-9,16-17H,2-7,10-15H2,1H3,(H2,22,27)(H2,23,24,25);1H. The van der Waals surface area contributed by atoms with Crippen LogP contribution in [0, 0.1) is 5.92 Å². The second-order valence-electron chi connectivity index (χ2n) is 8.05. The number of nitrogens with two attached hydrogens (primary N) is 1. The number of rotatable bonds is 7. The molecule has 0 unspecified atom stereocenters. The molecule has 1 aliphatic carbocycles. The van der Waals surface area contributed by atoms with E-state index < -0.39 is 5.91 Å². The quantitative estimate of drug-likeness (QED) is 0.294. The first-order chi connectivity index (χ1) is 13.6. The van der Waals surface area contributed by atoms with Crippen LogP contribution in [0.25, 0.3) is 0 Å². The second kappa shape index (κ2) is 12.4. The summed E-state index contributed by atoms with van der Waals surface area (Å²) in [6.07, 6.45) is 9.38. The first-order valence-electron chi connectivity index (χ1n) is 10.8. The number of furan rings is 1. The van der Waals surface area contributed by atoms with Crippen LogP contribution in [0.15, 0.2) is 21.5 Å². The number of likely N-dealkylation sites (tertiary alicyclic amines) is 1. The van der Waals surface area contributed by atoms with Gasteiger partial charge >= 0.3 is 0 Å². The van der Waals surface area contributed by atoms with Gasteiger partial charge in [0.05, 0.1) is 0 Å². The number of nitrogens with zero attached hydrogens (tertiary/aromatic N) is 2. The smallest absolute Gasteiger partial charge is 0.284 e. The number of amides is 1. The molecule has 1 aromatic rings. The third-order valence-corrected chi connectivity index (χ3v) is 5.81. The summed E-state index contributed by atoms with van der Waals surface area (Å²) in [5.74, 6) is 1.96. The first-order valence-corrected chi connectivity index (χ1v) is 10.8. The van der Waals surface area contributed by atoms with Crippen molar-refractivity contribution in [2.45, 2.75) is 64.5 Å². The molecule has 164 valence electrons. The number of halogens is 1. The van der Waals surface area contributed by atoms with Gasteiger partial charge in [-0.05, 0) is 50.7 Å². The molecule has 0 aromatic carbocycles. The van der Waals surface area contributed by atoms with Crippen LogP contribution < -0.4 is 16.4 Å². The number of carbonyl (C=O) groups is 1. The van der Waals surface area contributed by atoms with Gasteiger partial charge in [0, 0.05) is 32.2 Å². The first kappa shape index (κ1) is 24.0. The maximum Gasteiger partial charge on any atom is 0.284 e. The summed E-state index contributed by atoms with van der Waals surface area (Å²) in [5, 5.41) is 6.86. The van der Waals surface area contributed by atoms with E-state index in [1.165, 1.54) is 38.6 Å². The minimum absolute atomic E-state index is 0. The Morgan fingerprint density at radius 1 is 1.21 bits per heavy atom. The molecule has 7 nitrogen and oxygen atoms in total. The van der Waals surface area contributed by atoms with Gasteiger partial charge in [0.2, 0.25) is 0 Å². The molecule has 1 aliphatic heterocycles. The summed E-state index contributed by atoms with van der Waals surface area (Å²) in [6, 6.07) is 3.78.